The molecule has 16 heavy (non-hydrogen) atoms. The fourth-order valence-electron chi connectivity index (χ4n) is 2.25. The van der Waals surface area contributed by atoms with Crippen LogP contribution in [0, 0.1) is 11.2 Å². The van der Waals surface area contributed by atoms with Crippen molar-refractivity contribution in [2.24, 2.45) is 11.1 Å². The molecule has 0 aromatic heterocycles. The molecular weight excluding hydrogens is 205 g/mol. The van der Waals surface area contributed by atoms with Crippen LogP contribution < -0.4 is 10.5 Å². The lowest BCUT2D eigenvalue weighted by atomic mass is 9.93. The van der Waals surface area contributed by atoms with Gasteiger partial charge in [0.05, 0.1) is 7.11 Å². The average molecular weight is 223 g/mol. The van der Waals surface area contributed by atoms with E-state index in [2.05, 4.69) is 0 Å². The molecule has 1 aliphatic carbocycles. The number of hydrogen-bond acceptors (Lipinski definition) is 2. The highest BCUT2D eigenvalue weighted by Gasteiger charge is 2.41. The second kappa shape index (κ2) is 4.42. The molecule has 2 nitrogen and oxygen atoms in total. The van der Waals surface area contributed by atoms with Crippen molar-refractivity contribution in [2.75, 3.05) is 13.7 Å². The van der Waals surface area contributed by atoms with Crippen molar-refractivity contribution in [3.05, 3.63) is 29.6 Å². The minimum absolute atomic E-state index is 0.274. The molecule has 0 amide bonds. The molecule has 3 heteroatoms. The van der Waals surface area contributed by atoms with E-state index in [9.17, 15) is 4.39 Å². The first-order valence-electron chi connectivity index (χ1n) is 5.72. The second-order valence-electron chi connectivity index (χ2n) is 4.68. The van der Waals surface area contributed by atoms with Gasteiger partial charge in [-0.25, -0.2) is 4.39 Å². The van der Waals surface area contributed by atoms with Gasteiger partial charge in [0.25, 0.3) is 0 Å². The van der Waals surface area contributed by atoms with Gasteiger partial charge in [-0.15, -0.1) is 0 Å². The molecule has 0 atom stereocenters. The number of halogens is 1. The van der Waals surface area contributed by atoms with E-state index in [1.807, 2.05) is 6.07 Å². The van der Waals surface area contributed by atoms with Crippen LogP contribution in [0.15, 0.2) is 18.2 Å². The molecule has 0 aliphatic heterocycles. The second-order valence-corrected chi connectivity index (χ2v) is 4.68. The molecule has 2 N–H and O–H groups in total. The summed E-state index contributed by atoms with van der Waals surface area (Å²) in [4.78, 5) is 0. The Balaban J connectivity index is 2.08. The Hall–Kier alpha value is -1.09. The molecule has 1 saturated carbocycles. The molecular formula is C13H18FNO. The van der Waals surface area contributed by atoms with Crippen LogP contribution in [0.25, 0.3) is 0 Å². The number of benzene rings is 1. The third-order valence-corrected chi connectivity index (χ3v) is 3.43. The van der Waals surface area contributed by atoms with Crippen molar-refractivity contribution in [3.8, 4) is 5.75 Å². The summed E-state index contributed by atoms with van der Waals surface area (Å²) in [7, 11) is 1.48. The van der Waals surface area contributed by atoms with E-state index >= 15 is 0 Å². The summed E-state index contributed by atoms with van der Waals surface area (Å²) in [6, 6.07) is 5.22. The van der Waals surface area contributed by atoms with E-state index in [1.54, 1.807) is 12.1 Å². The largest absolute Gasteiger partial charge is 0.494 e. The van der Waals surface area contributed by atoms with Crippen LogP contribution in [0.3, 0.4) is 0 Å². The van der Waals surface area contributed by atoms with Crippen LogP contribution in [0.4, 0.5) is 4.39 Å². The molecule has 1 aliphatic rings. The summed E-state index contributed by atoms with van der Waals surface area (Å²) in [5.74, 6) is 0.0379. The quantitative estimate of drug-likeness (QED) is 0.832. The fourth-order valence-corrected chi connectivity index (χ4v) is 2.25. The maximum atomic E-state index is 13.5. The summed E-state index contributed by atoms with van der Waals surface area (Å²) in [5.41, 5.74) is 6.99. The molecule has 0 saturated heterocycles. The van der Waals surface area contributed by atoms with Crippen LogP contribution in [-0.4, -0.2) is 13.7 Å². The van der Waals surface area contributed by atoms with Crippen molar-refractivity contribution in [3.63, 3.8) is 0 Å². The molecule has 0 bridgehead atoms. The Morgan fingerprint density at radius 1 is 1.44 bits per heavy atom. The zero-order valence-electron chi connectivity index (χ0n) is 9.63. The minimum atomic E-state index is -0.274. The Kier molecular flexibility index (Phi) is 3.15. The molecule has 0 heterocycles. The lowest BCUT2D eigenvalue weighted by molar-refractivity contribution is 0.385. The molecule has 0 unspecified atom stereocenters. The van der Waals surface area contributed by atoms with Gasteiger partial charge in [-0.05, 0) is 55.3 Å². The van der Waals surface area contributed by atoms with Gasteiger partial charge in [-0.1, -0.05) is 6.07 Å². The summed E-state index contributed by atoms with van der Waals surface area (Å²) in [6.45, 7) is 0.721. The molecule has 1 aromatic rings. The van der Waals surface area contributed by atoms with E-state index in [-0.39, 0.29) is 5.82 Å². The van der Waals surface area contributed by atoms with E-state index < -0.39 is 0 Å². The van der Waals surface area contributed by atoms with Crippen LogP contribution >= 0.6 is 0 Å². The highest BCUT2D eigenvalue weighted by molar-refractivity contribution is 5.30. The molecule has 1 aromatic carbocycles. The van der Waals surface area contributed by atoms with Crippen molar-refractivity contribution >= 4 is 0 Å². The van der Waals surface area contributed by atoms with Gasteiger partial charge in [0.1, 0.15) is 0 Å². The number of ether oxygens (including phenoxy) is 1. The summed E-state index contributed by atoms with van der Waals surface area (Å²) in [5, 5.41) is 0. The lowest BCUT2D eigenvalue weighted by Gasteiger charge is -2.14. The van der Waals surface area contributed by atoms with Gasteiger partial charge in [0, 0.05) is 0 Å². The summed E-state index contributed by atoms with van der Waals surface area (Å²) < 4.78 is 18.4. The Morgan fingerprint density at radius 3 is 2.69 bits per heavy atom. The Labute approximate surface area is 95.6 Å². The van der Waals surface area contributed by atoms with Gasteiger partial charge in [0.15, 0.2) is 11.6 Å². The predicted molar refractivity (Wildman–Crippen MR) is 62.0 cm³/mol. The van der Waals surface area contributed by atoms with Crippen LogP contribution in [0.2, 0.25) is 0 Å². The molecule has 0 spiro atoms. The van der Waals surface area contributed by atoms with E-state index in [0.29, 0.717) is 11.2 Å². The third kappa shape index (κ3) is 2.35. The first-order valence-corrected chi connectivity index (χ1v) is 5.72. The van der Waals surface area contributed by atoms with Crippen molar-refractivity contribution < 1.29 is 9.13 Å². The third-order valence-electron chi connectivity index (χ3n) is 3.43. The maximum absolute atomic E-state index is 13.5. The van der Waals surface area contributed by atoms with Crippen molar-refractivity contribution in [1.29, 1.82) is 0 Å². The van der Waals surface area contributed by atoms with E-state index in [4.69, 9.17) is 10.5 Å². The fraction of sp³-hybridized carbons (Fsp3) is 0.538. The first-order chi connectivity index (χ1) is 7.69. The highest BCUT2D eigenvalue weighted by Crippen LogP contribution is 2.51. The predicted octanol–water partition coefficient (Wildman–Crippen LogP) is 2.51. The standard InChI is InChI=1S/C13H18FNO/c1-16-12-3-2-10(8-11(12)14)9-13(4-5-13)6-7-15/h2-3,8H,4-7,9,15H2,1H3. The van der Waals surface area contributed by atoms with Gasteiger partial charge >= 0.3 is 0 Å². The van der Waals surface area contributed by atoms with Crippen molar-refractivity contribution in [1.82, 2.24) is 0 Å². The number of rotatable bonds is 5. The lowest BCUT2D eigenvalue weighted by Crippen LogP contribution is -2.12. The van der Waals surface area contributed by atoms with Crippen LogP contribution in [-0.2, 0) is 6.42 Å². The summed E-state index contributed by atoms with van der Waals surface area (Å²) >= 11 is 0. The average Bonchev–Trinajstić information content (AvgIpc) is 2.99. The first kappa shape index (κ1) is 11.4. The van der Waals surface area contributed by atoms with Crippen molar-refractivity contribution in [2.45, 2.75) is 25.7 Å². The highest BCUT2D eigenvalue weighted by atomic mass is 19.1. The van der Waals surface area contributed by atoms with E-state index in [0.717, 1.165) is 24.9 Å². The molecule has 1 fully saturated rings. The topological polar surface area (TPSA) is 35.2 Å². The monoisotopic (exact) mass is 223 g/mol. The normalized spacial score (nSPS) is 17.2. The maximum Gasteiger partial charge on any atom is 0.165 e. The molecule has 2 rings (SSSR count). The zero-order chi connectivity index (χ0) is 11.6. The number of hydrogen-bond donors (Lipinski definition) is 1. The van der Waals surface area contributed by atoms with Gasteiger partial charge in [-0.3, -0.25) is 0 Å². The SMILES string of the molecule is COc1ccc(CC2(CCN)CC2)cc1F. The van der Waals surface area contributed by atoms with E-state index in [1.165, 1.54) is 20.0 Å². The molecule has 88 valence electrons. The van der Waals surface area contributed by atoms with Gasteiger partial charge < -0.3 is 10.5 Å². The zero-order valence-corrected chi connectivity index (χ0v) is 9.63. The van der Waals surface area contributed by atoms with Crippen LogP contribution in [0.1, 0.15) is 24.8 Å². The Morgan fingerprint density at radius 2 is 2.19 bits per heavy atom. The summed E-state index contributed by atoms with van der Waals surface area (Å²) in [6.07, 6.45) is 4.42. The Bertz CT molecular complexity index is 374. The number of nitrogens with two attached hydrogens (primary N) is 1. The smallest absolute Gasteiger partial charge is 0.165 e. The van der Waals surface area contributed by atoms with Gasteiger partial charge in [-0.2, -0.15) is 0 Å². The van der Waals surface area contributed by atoms with Crippen LogP contribution in [0.5, 0.6) is 5.75 Å². The number of methoxy groups -OCH3 is 1. The minimum Gasteiger partial charge on any atom is -0.494 e. The molecule has 0 radical (unpaired) electrons. The van der Waals surface area contributed by atoms with Gasteiger partial charge in [0.2, 0.25) is 0 Å².